The number of hydrogen-bond donors (Lipinski definition) is 1. The van der Waals surface area contributed by atoms with Gasteiger partial charge in [0.1, 0.15) is 0 Å². The molecule has 1 aromatic heterocycles. The molecule has 1 N–H and O–H groups in total. The third kappa shape index (κ3) is 3.21. The van der Waals surface area contributed by atoms with E-state index in [2.05, 4.69) is 10.4 Å². The van der Waals surface area contributed by atoms with Crippen molar-refractivity contribution in [2.45, 2.75) is 32.4 Å². The summed E-state index contributed by atoms with van der Waals surface area (Å²) < 4.78 is 30.3. The Bertz CT molecular complexity index is 567. The lowest BCUT2D eigenvalue weighted by atomic mass is 10.0. The van der Waals surface area contributed by atoms with Crippen molar-refractivity contribution in [3.05, 3.63) is 17.5 Å². The van der Waals surface area contributed by atoms with Gasteiger partial charge in [-0.25, -0.2) is 8.42 Å². The van der Waals surface area contributed by atoms with E-state index in [-0.39, 0.29) is 11.5 Å². The second kappa shape index (κ2) is 5.83. The maximum absolute atomic E-state index is 11.7. The van der Waals surface area contributed by atoms with E-state index in [0.717, 1.165) is 24.3 Å². The SMILES string of the molecule is COCCNCc1cnn(C2(C)CCS(=O)(=O)C2)c1C. The van der Waals surface area contributed by atoms with Crippen molar-refractivity contribution >= 4 is 9.84 Å². The largest absolute Gasteiger partial charge is 0.383 e. The lowest BCUT2D eigenvalue weighted by molar-refractivity contribution is 0.199. The molecule has 0 spiro atoms. The number of ether oxygens (including phenoxy) is 1. The van der Waals surface area contributed by atoms with Gasteiger partial charge in [-0.3, -0.25) is 4.68 Å². The van der Waals surface area contributed by atoms with E-state index in [1.165, 1.54) is 0 Å². The van der Waals surface area contributed by atoms with Crippen LogP contribution in [0.3, 0.4) is 0 Å². The summed E-state index contributed by atoms with van der Waals surface area (Å²) >= 11 is 0. The minimum absolute atomic E-state index is 0.180. The Morgan fingerprint density at radius 3 is 2.90 bits per heavy atom. The molecule has 1 unspecified atom stereocenters. The Balaban J connectivity index is 2.09. The smallest absolute Gasteiger partial charge is 0.152 e. The summed E-state index contributed by atoms with van der Waals surface area (Å²) in [5.74, 6) is 0.434. The molecule has 0 aromatic carbocycles. The fraction of sp³-hybridized carbons (Fsp3) is 0.769. The highest BCUT2D eigenvalue weighted by atomic mass is 32.2. The first-order valence-electron chi connectivity index (χ1n) is 6.82. The Morgan fingerprint density at radius 1 is 1.55 bits per heavy atom. The summed E-state index contributed by atoms with van der Waals surface area (Å²) in [6.45, 7) is 6.14. The van der Waals surface area contributed by atoms with E-state index in [1.807, 2.05) is 24.7 Å². The van der Waals surface area contributed by atoms with Crippen LogP contribution < -0.4 is 5.32 Å². The van der Waals surface area contributed by atoms with Crippen molar-refractivity contribution < 1.29 is 13.2 Å². The molecule has 0 aliphatic carbocycles. The van der Waals surface area contributed by atoms with Crippen LogP contribution in [-0.2, 0) is 26.7 Å². The van der Waals surface area contributed by atoms with Crippen LogP contribution in [0.5, 0.6) is 0 Å². The zero-order chi connectivity index (χ0) is 14.8. The molecular formula is C13H23N3O3S. The number of methoxy groups -OCH3 is 1. The predicted molar refractivity (Wildman–Crippen MR) is 77.5 cm³/mol. The maximum Gasteiger partial charge on any atom is 0.152 e. The number of rotatable bonds is 6. The van der Waals surface area contributed by atoms with Gasteiger partial charge in [0.2, 0.25) is 0 Å². The summed E-state index contributed by atoms with van der Waals surface area (Å²) in [6, 6.07) is 0. The van der Waals surface area contributed by atoms with E-state index in [9.17, 15) is 8.42 Å². The Kier molecular flexibility index (Phi) is 4.51. The number of nitrogens with zero attached hydrogens (tertiary/aromatic N) is 2. The van der Waals surface area contributed by atoms with Crippen LogP contribution in [0.25, 0.3) is 0 Å². The first-order chi connectivity index (χ1) is 9.38. The first kappa shape index (κ1) is 15.5. The van der Waals surface area contributed by atoms with E-state index in [4.69, 9.17) is 4.74 Å². The van der Waals surface area contributed by atoms with E-state index in [1.54, 1.807) is 7.11 Å². The highest BCUT2D eigenvalue weighted by molar-refractivity contribution is 7.91. The van der Waals surface area contributed by atoms with Gasteiger partial charge in [0.25, 0.3) is 0 Å². The van der Waals surface area contributed by atoms with Crippen LogP contribution in [0.2, 0.25) is 0 Å². The number of nitrogens with one attached hydrogen (secondary N) is 1. The zero-order valence-electron chi connectivity index (χ0n) is 12.3. The summed E-state index contributed by atoms with van der Waals surface area (Å²) in [4.78, 5) is 0. The third-order valence-electron chi connectivity index (χ3n) is 3.90. The van der Waals surface area contributed by atoms with Crippen LogP contribution in [-0.4, -0.2) is 50.0 Å². The number of hydrogen-bond acceptors (Lipinski definition) is 5. The van der Waals surface area contributed by atoms with E-state index < -0.39 is 15.4 Å². The molecular weight excluding hydrogens is 278 g/mol. The van der Waals surface area contributed by atoms with Crippen LogP contribution in [0.4, 0.5) is 0 Å². The number of sulfone groups is 1. The normalized spacial score (nSPS) is 25.1. The van der Waals surface area contributed by atoms with Gasteiger partial charge in [-0.2, -0.15) is 5.10 Å². The van der Waals surface area contributed by atoms with E-state index >= 15 is 0 Å². The Hall–Kier alpha value is -0.920. The molecule has 6 nitrogen and oxygen atoms in total. The Labute approximate surface area is 120 Å². The van der Waals surface area contributed by atoms with Gasteiger partial charge in [0.15, 0.2) is 9.84 Å². The predicted octanol–water partition coefficient (Wildman–Crippen LogP) is 0.461. The minimum atomic E-state index is -2.93. The Morgan fingerprint density at radius 2 is 2.30 bits per heavy atom. The van der Waals surface area contributed by atoms with Crippen LogP contribution in [0.15, 0.2) is 6.20 Å². The van der Waals surface area contributed by atoms with Crippen molar-refractivity contribution in [3.63, 3.8) is 0 Å². The molecule has 0 saturated carbocycles. The van der Waals surface area contributed by atoms with Crippen molar-refractivity contribution in [1.82, 2.24) is 15.1 Å². The molecule has 2 heterocycles. The van der Waals surface area contributed by atoms with Gasteiger partial charge < -0.3 is 10.1 Å². The van der Waals surface area contributed by atoms with Gasteiger partial charge in [0.05, 0.1) is 29.8 Å². The first-order valence-corrected chi connectivity index (χ1v) is 8.64. The van der Waals surface area contributed by atoms with Crippen LogP contribution in [0, 0.1) is 6.92 Å². The monoisotopic (exact) mass is 301 g/mol. The number of aromatic nitrogens is 2. The van der Waals surface area contributed by atoms with Crippen LogP contribution >= 0.6 is 0 Å². The zero-order valence-corrected chi connectivity index (χ0v) is 13.2. The molecule has 20 heavy (non-hydrogen) atoms. The lowest BCUT2D eigenvalue weighted by Gasteiger charge is -2.24. The standard InChI is InChI=1S/C13H23N3O3S/c1-11-12(8-14-5-6-19-3)9-15-16(11)13(2)4-7-20(17,18)10-13/h9,14H,4-8,10H2,1-3H3. The summed E-state index contributed by atoms with van der Waals surface area (Å²) in [6.07, 6.45) is 2.46. The molecule has 0 radical (unpaired) electrons. The molecule has 0 amide bonds. The molecule has 114 valence electrons. The topological polar surface area (TPSA) is 73.2 Å². The fourth-order valence-electron chi connectivity index (χ4n) is 2.72. The maximum atomic E-state index is 11.7. The molecule has 1 aromatic rings. The molecule has 1 aliphatic heterocycles. The molecule has 1 aliphatic rings. The quantitative estimate of drug-likeness (QED) is 0.773. The average Bonchev–Trinajstić information content (AvgIpc) is 2.87. The van der Waals surface area contributed by atoms with Crippen molar-refractivity contribution in [3.8, 4) is 0 Å². The van der Waals surface area contributed by atoms with Crippen molar-refractivity contribution in [2.24, 2.45) is 0 Å². The molecule has 7 heteroatoms. The lowest BCUT2D eigenvalue weighted by Crippen LogP contribution is -2.33. The fourth-order valence-corrected chi connectivity index (χ4v) is 4.83. The molecule has 1 fully saturated rings. The summed E-state index contributed by atoms with van der Waals surface area (Å²) in [7, 11) is -1.25. The molecule has 1 atom stereocenters. The van der Waals surface area contributed by atoms with Crippen LogP contribution in [0.1, 0.15) is 24.6 Å². The second-order valence-electron chi connectivity index (χ2n) is 5.68. The molecule has 2 rings (SSSR count). The third-order valence-corrected chi connectivity index (χ3v) is 5.79. The van der Waals surface area contributed by atoms with Gasteiger partial charge in [-0.15, -0.1) is 0 Å². The summed E-state index contributed by atoms with van der Waals surface area (Å²) in [5, 5.41) is 7.69. The van der Waals surface area contributed by atoms with Gasteiger partial charge in [-0.1, -0.05) is 0 Å². The summed E-state index contributed by atoms with van der Waals surface area (Å²) in [5.41, 5.74) is 1.73. The van der Waals surface area contributed by atoms with Gasteiger partial charge in [-0.05, 0) is 20.3 Å². The van der Waals surface area contributed by atoms with Crippen molar-refractivity contribution in [2.75, 3.05) is 31.8 Å². The second-order valence-corrected chi connectivity index (χ2v) is 7.86. The van der Waals surface area contributed by atoms with E-state index in [0.29, 0.717) is 13.0 Å². The highest BCUT2D eigenvalue weighted by Crippen LogP contribution is 2.31. The van der Waals surface area contributed by atoms with Gasteiger partial charge >= 0.3 is 0 Å². The molecule has 0 bridgehead atoms. The van der Waals surface area contributed by atoms with Gasteiger partial charge in [0, 0.05) is 31.5 Å². The average molecular weight is 301 g/mol. The highest BCUT2D eigenvalue weighted by Gasteiger charge is 2.41. The minimum Gasteiger partial charge on any atom is -0.383 e. The molecule has 1 saturated heterocycles. The van der Waals surface area contributed by atoms with Crippen molar-refractivity contribution in [1.29, 1.82) is 0 Å².